The topological polar surface area (TPSA) is 87.9 Å². The van der Waals surface area contributed by atoms with E-state index in [1.165, 1.54) is 12.7 Å². The van der Waals surface area contributed by atoms with Gasteiger partial charge in [0.15, 0.2) is 0 Å². The molecule has 0 fully saturated rings. The Morgan fingerprint density at radius 3 is 2.58 bits per heavy atom. The van der Waals surface area contributed by atoms with Crippen molar-refractivity contribution in [3.63, 3.8) is 0 Å². The minimum absolute atomic E-state index is 0.349. The van der Waals surface area contributed by atoms with Crippen LogP contribution in [-0.4, -0.2) is 36.8 Å². The number of hydrazine groups is 1. The van der Waals surface area contributed by atoms with Crippen molar-refractivity contribution in [2.45, 2.75) is 44.7 Å². The van der Waals surface area contributed by atoms with Gasteiger partial charge in [-0.25, -0.2) is 15.0 Å². The van der Waals surface area contributed by atoms with E-state index in [1.807, 2.05) is 26.1 Å². The van der Waals surface area contributed by atoms with E-state index in [4.69, 9.17) is 10.5 Å². The summed E-state index contributed by atoms with van der Waals surface area (Å²) in [5.74, 6) is -0.390. The number of allylic oxidation sites excluding steroid dienone is 1. The molecule has 0 radical (unpaired) electrons. The van der Waals surface area contributed by atoms with E-state index in [-0.39, 0.29) is 5.41 Å². The third-order valence-electron chi connectivity index (χ3n) is 6.22. The summed E-state index contributed by atoms with van der Waals surface area (Å²) >= 11 is 0. The number of fused-ring (bicyclic) bond motifs is 1. The maximum absolute atomic E-state index is 12.4. The molecule has 140 valence electrons. The lowest BCUT2D eigenvalue weighted by atomic mass is 9.70. The van der Waals surface area contributed by atoms with Gasteiger partial charge >= 0.3 is 12.0 Å². The number of urea groups is 1. The second kappa shape index (κ2) is 5.93. The Labute approximate surface area is 153 Å². The molecule has 0 bridgehead atoms. The molecule has 2 atom stereocenters. The number of nitrogens with zero attached hydrogens (tertiary/aromatic N) is 2. The zero-order valence-corrected chi connectivity index (χ0v) is 15.9. The number of hydrogen-bond donors (Lipinski definition) is 2. The molecule has 3 rings (SSSR count). The van der Waals surface area contributed by atoms with Gasteiger partial charge in [-0.1, -0.05) is 32.0 Å². The molecule has 0 aliphatic carbocycles. The molecule has 1 aromatic carbocycles. The first-order valence-corrected chi connectivity index (χ1v) is 8.72. The monoisotopic (exact) mass is 358 g/mol. The van der Waals surface area contributed by atoms with Crippen LogP contribution in [0.2, 0.25) is 0 Å². The van der Waals surface area contributed by atoms with Crippen molar-refractivity contribution >= 4 is 17.7 Å². The smallest absolute Gasteiger partial charge is 0.335 e. The van der Waals surface area contributed by atoms with Crippen molar-refractivity contribution in [1.29, 1.82) is 0 Å². The van der Waals surface area contributed by atoms with E-state index >= 15 is 0 Å². The molecule has 26 heavy (non-hydrogen) atoms. The van der Waals surface area contributed by atoms with Gasteiger partial charge in [0.1, 0.15) is 5.66 Å². The first-order chi connectivity index (χ1) is 12.2. The minimum atomic E-state index is -0.686. The fourth-order valence-corrected chi connectivity index (χ4v) is 4.70. The molecule has 2 aliphatic rings. The number of methoxy groups -OCH3 is 1. The van der Waals surface area contributed by atoms with Gasteiger partial charge in [-0.2, -0.15) is 0 Å². The standard InChI is InChI=1S/C19H26N4O3/c1-6-18(3)14-9-7-8-10-15(14)22(4)19(18)11-13(16(24)26-5)12(2)23(19)21-17(20)25/h7-10H,6,11H2,1-5H3,(H3,20,21,25). The summed E-state index contributed by atoms with van der Waals surface area (Å²) in [4.78, 5) is 26.3. The number of nitrogens with one attached hydrogen (secondary N) is 1. The summed E-state index contributed by atoms with van der Waals surface area (Å²) in [6.45, 7) is 6.09. The Balaban J connectivity index is 2.24. The predicted octanol–water partition coefficient (Wildman–Crippen LogP) is 2.24. The Morgan fingerprint density at radius 1 is 1.35 bits per heavy atom. The SMILES string of the molecule is CCC1(C)c2ccccc2N(C)C12CC(C(=O)OC)=C(C)N2NC(N)=O. The molecule has 2 aliphatic heterocycles. The van der Waals surface area contributed by atoms with Gasteiger partial charge < -0.3 is 15.4 Å². The lowest BCUT2D eigenvalue weighted by molar-refractivity contribution is -0.136. The van der Waals surface area contributed by atoms with Crippen molar-refractivity contribution in [3.8, 4) is 0 Å². The number of esters is 1. The van der Waals surface area contributed by atoms with E-state index in [0.717, 1.165) is 12.1 Å². The average Bonchev–Trinajstić information content (AvgIpc) is 3.02. The largest absolute Gasteiger partial charge is 0.466 e. The molecule has 0 saturated carbocycles. The van der Waals surface area contributed by atoms with Gasteiger partial charge in [0.05, 0.1) is 12.7 Å². The summed E-state index contributed by atoms with van der Waals surface area (Å²) in [6.07, 6.45) is 1.23. The lowest BCUT2D eigenvalue weighted by Crippen LogP contribution is -2.68. The van der Waals surface area contributed by atoms with Crippen LogP contribution in [0, 0.1) is 0 Å². The summed E-state index contributed by atoms with van der Waals surface area (Å²) in [5.41, 5.74) is 10.6. The molecule has 1 spiro atoms. The van der Waals surface area contributed by atoms with Crippen LogP contribution >= 0.6 is 0 Å². The van der Waals surface area contributed by atoms with E-state index in [1.54, 1.807) is 5.01 Å². The summed E-state index contributed by atoms with van der Waals surface area (Å²) < 4.78 is 4.99. The Bertz CT molecular complexity index is 806. The molecule has 0 aromatic heterocycles. The number of carbonyl (C=O) groups excluding carboxylic acids is 2. The van der Waals surface area contributed by atoms with Gasteiger partial charge in [-0.05, 0) is 25.0 Å². The summed E-state index contributed by atoms with van der Waals surface area (Å²) in [6, 6.07) is 7.51. The van der Waals surface area contributed by atoms with Crippen molar-refractivity contribution in [2.75, 3.05) is 19.1 Å². The van der Waals surface area contributed by atoms with Crippen LogP contribution in [0.3, 0.4) is 0 Å². The highest BCUT2D eigenvalue weighted by molar-refractivity contribution is 5.91. The van der Waals surface area contributed by atoms with Crippen molar-refractivity contribution in [2.24, 2.45) is 5.73 Å². The van der Waals surface area contributed by atoms with Gasteiger partial charge in [-0.15, -0.1) is 0 Å². The van der Waals surface area contributed by atoms with Crippen LogP contribution in [0.1, 0.15) is 39.2 Å². The van der Waals surface area contributed by atoms with Crippen LogP contribution in [0.4, 0.5) is 10.5 Å². The number of carbonyl (C=O) groups is 2. The fraction of sp³-hybridized carbons (Fsp3) is 0.474. The molecular weight excluding hydrogens is 332 g/mol. The van der Waals surface area contributed by atoms with E-state index < -0.39 is 17.7 Å². The first kappa shape index (κ1) is 18.1. The van der Waals surface area contributed by atoms with Crippen LogP contribution in [0.15, 0.2) is 35.5 Å². The number of hydrogen-bond acceptors (Lipinski definition) is 5. The van der Waals surface area contributed by atoms with Gasteiger partial charge in [-0.3, -0.25) is 5.01 Å². The predicted molar refractivity (Wildman–Crippen MR) is 99.1 cm³/mol. The summed E-state index contributed by atoms with van der Waals surface area (Å²) in [7, 11) is 3.36. The Hall–Kier alpha value is -2.70. The number of amides is 2. The van der Waals surface area contributed by atoms with Crippen molar-refractivity contribution in [1.82, 2.24) is 10.4 Å². The third-order valence-corrected chi connectivity index (χ3v) is 6.22. The molecule has 2 unspecified atom stereocenters. The fourth-order valence-electron chi connectivity index (χ4n) is 4.70. The average molecular weight is 358 g/mol. The number of ether oxygens (including phenoxy) is 1. The molecule has 1 aromatic rings. The number of likely N-dealkylation sites (N-methyl/N-ethyl adjacent to an activating group) is 1. The van der Waals surface area contributed by atoms with Crippen LogP contribution < -0.4 is 16.1 Å². The normalized spacial score (nSPS) is 27.1. The summed E-state index contributed by atoms with van der Waals surface area (Å²) in [5, 5.41) is 1.76. The number of para-hydroxylation sites is 1. The number of anilines is 1. The Morgan fingerprint density at radius 2 is 2.00 bits per heavy atom. The molecule has 3 N–H and O–H groups in total. The molecule has 2 amide bonds. The highest BCUT2D eigenvalue weighted by Crippen LogP contribution is 2.59. The van der Waals surface area contributed by atoms with Crippen LogP contribution in [-0.2, 0) is 14.9 Å². The van der Waals surface area contributed by atoms with E-state index in [2.05, 4.69) is 36.3 Å². The van der Waals surface area contributed by atoms with E-state index in [9.17, 15) is 9.59 Å². The lowest BCUT2D eigenvalue weighted by Gasteiger charge is -2.51. The minimum Gasteiger partial charge on any atom is -0.466 e. The van der Waals surface area contributed by atoms with Gasteiger partial charge in [0, 0.05) is 30.3 Å². The quantitative estimate of drug-likeness (QED) is 0.809. The highest BCUT2D eigenvalue weighted by Gasteiger charge is 2.64. The second-order valence-corrected chi connectivity index (χ2v) is 7.12. The zero-order chi connectivity index (χ0) is 19.3. The van der Waals surface area contributed by atoms with E-state index in [0.29, 0.717) is 17.7 Å². The maximum atomic E-state index is 12.4. The third kappa shape index (κ3) is 2.06. The first-order valence-electron chi connectivity index (χ1n) is 8.72. The van der Waals surface area contributed by atoms with Gasteiger partial charge in [0.25, 0.3) is 0 Å². The molecule has 0 saturated heterocycles. The maximum Gasteiger partial charge on any atom is 0.335 e. The van der Waals surface area contributed by atoms with Crippen molar-refractivity contribution in [3.05, 3.63) is 41.1 Å². The van der Waals surface area contributed by atoms with Crippen LogP contribution in [0.5, 0.6) is 0 Å². The number of rotatable bonds is 3. The number of primary amides is 1. The van der Waals surface area contributed by atoms with Gasteiger partial charge in [0.2, 0.25) is 0 Å². The molecule has 2 heterocycles. The second-order valence-electron chi connectivity index (χ2n) is 7.12. The Kier molecular flexibility index (Phi) is 4.13. The number of benzene rings is 1. The van der Waals surface area contributed by atoms with Crippen LogP contribution in [0.25, 0.3) is 0 Å². The molecule has 7 nitrogen and oxygen atoms in total. The zero-order valence-electron chi connectivity index (χ0n) is 15.9. The highest BCUT2D eigenvalue weighted by atomic mass is 16.5. The van der Waals surface area contributed by atoms with Crippen molar-refractivity contribution < 1.29 is 14.3 Å². The number of nitrogens with two attached hydrogens (primary N) is 1. The molecule has 7 heteroatoms. The molecular formula is C19H26N4O3.